The molecule has 3 aromatic rings. The summed E-state index contributed by atoms with van der Waals surface area (Å²) in [5.41, 5.74) is 5.70. The molecule has 0 atom stereocenters. The summed E-state index contributed by atoms with van der Waals surface area (Å²) in [5, 5.41) is 8.93. The molecular weight excluding hydrogens is 282 g/mol. The fraction of sp³-hybridized carbons (Fsp3) is 0.200. The lowest BCUT2D eigenvalue weighted by atomic mass is 10.1. The normalized spacial score (nSPS) is 11.2. The van der Waals surface area contributed by atoms with Gasteiger partial charge in [0.2, 0.25) is 0 Å². The Labute approximate surface area is 136 Å². The fourth-order valence-corrected chi connectivity index (χ4v) is 2.66. The molecule has 0 aliphatic rings. The Bertz CT molecular complexity index is 896. The molecule has 0 N–H and O–H groups in total. The van der Waals surface area contributed by atoms with Crippen LogP contribution in [0.4, 0.5) is 0 Å². The molecule has 0 aliphatic carbocycles. The summed E-state index contributed by atoms with van der Waals surface area (Å²) in [5.74, 6) is 0.893. The smallest absolute Gasteiger partial charge is 0.133 e. The number of hydrogen-bond donors (Lipinski definition) is 0. The first-order valence-corrected chi connectivity index (χ1v) is 7.76. The van der Waals surface area contributed by atoms with Crippen LogP contribution in [-0.4, -0.2) is 9.55 Å². The van der Waals surface area contributed by atoms with E-state index in [1.807, 2.05) is 24.3 Å². The lowest BCUT2D eigenvalue weighted by Gasteiger charge is -2.05. The Hall–Kier alpha value is -2.86. The second-order valence-corrected chi connectivity index (χ2v) is 5.70. The average molecular weight is 301 g/mol. The number of hydrogen-bond acceptors (Lipinski definition) is 2. The third-order valence-corrected chi connectivity index (χ3v) is 4.06. The van der Waals surface area contributed by atoms with Crippen molar-refractivity contribution in [2.45, 2.75) is 26.8 Å². The minimum absolute atomic E-state index is 0.477. The highest BCUT2D eigenvalue weighted by molar-refractivity contribution is 5.81. The number of rotatable bonds is 4. The lowest BCUT2D eigenvalue weighted by molar-refractivity contribution is 0.729. The molecule has 0 spiro atoms. The molecule has 2 aromatic carbocycles. The van der Waals surface area contributed by atoms with Crippen molar-refractivity contribution in [1.29, 1.82) is 5.26 Å². The number of nitrogens with zero attached hydrogens (tertiary/aromatic N) is 3. The minimum atomic E-state index is 0.477. The predicted octanol–water partition coefficient (Wildman–Crippen LogP) is 4.74. The van der Waals surface area contributed by atoms with Gasteiger partial charge in [0.05, 0.1) is 23.5 Å². The van der Waals surface area contributed by atoms with Crippen LogP contribution < -0.4 is 0 Å². The number of aryl methyl sites for hydroxylation is 3. The van der Waals surface area contributed by atoms with Crippen LogP contribution in [0, 0.1) is 25.2 Å². The third-order valence-electron chi connectivity index (χ3n) is 4.06. The topological polar surface area (TPSA) is 41.6 Å². The van der Waals surface area contributed by atoms with Crippen molar-refractivity contribution in [3.8, 4) is 6.07 Å². The molecule has 1 aromatic heterocycles. The molecule has 3 heteroatoms. The van der Waals surface area contributed by atoms with E-state index in [-0.39, 0.29) is 0 Å². The van der Waals surface area contributed by atoms with Crippen LogP contribution in [-0.2, 0) is 6.54 Å². The van der Waals surface area contributed by atoms with Crippen molar-refractivity contribution in [2.24, 2.45) is 0 Å². The zero-order chi connectivity index (χ0) is 16.2. The molecule has 0 unspecified atom stereocenters. The summed E-state index contributed by atoms with van der Waals surface area (Å²) in [7, 11) is 0. The summed E-state index contributed by atoms with van der Waals surface area (Å²) in [6, 6.07) is 16.7. The molecule has 0 saturated heterocycles. The van der Waals surface area contributed by atoms with Gasteiger partial charge >= 0.3 is 0 Å². The van der Waals surface area contributed by atoms with E-state index in [9.17, 15) is 0 Å². The van der Waals surface area contributed by atoms with E-state index >= 15 is 0 Å². The molecule has 0 aliphatic heterocycles. The van der Waals surface area contributed by atoms with Crippen molar-refractivity contribution in [1.82, 2.24) is 9.55 Å². The predicted molar refractivity (Wildman–Crippen MR) is 94.8 cm³/mol. The summed E-state index contributed by atoms with van der Waals surface area (Å²) < 4.78 is 2.13. The van der Waals surface area contributed by atoms with Gasteiger partial charge in [0.1, 0.15) is 5.82 Å². The first-order chi connectivity index (χ1) is 11.2. The Balaban J connectivity index is 2.08. The number of nitriles is 1. The molecule has 0 bridgehead atoms. The summed E-state index contributed by atoms with van der Waals surface area (Å²) in [6.45, 7) is 4.86. The van der Waals surface area contributed by atoms with Crippen LogP contribution in [0.1, 0.15) is 28.9 Å². The summed E-state index contributed by atoms with van der Waals surface area (Å²) in [4.78, 5) is 4.75. The highest BCUT2D eigenvalue weighted by Crippen LogP contribution is 2.22. The van der Waals surface area contributed by atoms with Gasteiger partial charge in [-0.15, -0.1) is 0 Å². The molecule has 23 heavy (non-hydrogen) atoms. The maximum atomic E-state index is 8.93. The minimum Gasteiger partial charge on any atom is -0.323 e. The molecule has 0 amide bonds. The molecule has 3 rings (SSSR count). The second kappa shape index (κ2) is 6.50. The Morgan fingerprint density at radius 3 is 2.57 bits per heavy atom. The Morgan fingerprint density at radius 2 is 1.83 bits per heavy atom. The Morgan fingerprint density at radius 1 is 1.09 bits per heavy atom. The molecule has 114 valence electrons. The van der Waals surface area contributed by atoms with Gasteiger partial charge in [0.25, 0.3) is 0 Å². The quantitative estimate of drug-likeness (QED) is 0.698. The van der Waals surface area contributed by atoms with E-state index in [2.05, 4.69) is 54.8 Å². The van der Waals surface area contributed by atoms with E-state index in [0.29, 0.717) is 13.0 Å². The SMILES string of the molecule is Cc1cc2nc(/C=C/c3ccccc3)n(CCC#N)c2cc1C. The Kier molecular flexibility index (Phi) is 4.25. The average Bonchev–Trinajstić information content (AvgIpc) is 2.89. The summed E-state index contributed by atoms with van der Waals surface area (Å²) in [6.07, 6.45) is 4.56. The zero-order valence-electron chi connectivity index (χ0n) is 13.5. The van der Waals surface area contributed by atoms with Gasteiger partial charge in [-0.2, -0.15) is 5.26 Å². The number of benzene rings is 2. The van der Waals surface area contributed by atoms with Crippen LogP contribution in [0.25, 0.3) is 23.2 Å². The standard InChI is InChI=1S/C20H19N3/c1-15-13-18-19(14-16(15)2)23(12-6-11-21)20(22-18)10-9-17-7-4-3-5-8-17/h3-5,7-10,13-14H,6,12H2,1-2H3/b10-9+. The van der Waals surface area contributed by atoms with E-state index in [1.165, 1.54) is 11.1 Å². The van der Waals surface area contributed by atoms with E-state index < -0.39 is 0 Å². The van der Waals surface area contributed by atoms with Gasteiger partial charge in [0.15, 0.2) is 0 Å². The van der Waals surface area contributed by atoms with Gasteiger partial charge in [-0.05, 0) is 48.7 Å². The van der Waals surface area contributed by atoms with E-state index in [4.69, 9.17) is 10.2 Å². The van der Waals surface area contributed by atoms with Crippen molar-refractivity contribution < 1.29 is 0 Å². The van der Waals surface area contributed by atoms with Crippen LogP contribution in [0.5, 0.6) is 0 Å². The molecule has 0 fully saturated rings. The van der Waals surface area contributed by atoms with E-state index in [0.717, 1.165) is 22.4 Å². The second-order valence-electron chi connectivity index (χ2n) is 5.70. The molecular formula is C20H19N3. The largest absolute Gasteiger partial charge is 0.323 e. The van der Waals surface area contributed by atoms with Gasteiger partial charge in [0, 0.05) is 6.54 Å². The number of fused-ring (bicyclic) bond motifs is 1. The van der Waals surface area contributed by atoms with Gasteiger partial charge in [-0.3, -0.25) is 0 Å². The molecule has 0 radical (unpaired) electrons. The maximum Gasteiger partial charge on any atom is 0.133 e. The maximum absolute atomic E-state index is 8.93. The van der Waals surface area contributed by atoms with Gasteiger partial charge in [-0.1, -0.05) is 36.4 Å². The van der Waals surface area contributed by atoms with Crippen molar-refractivity contribution in [3.05, 3.63) is 65.0 Å². The van der Waals surface area contributed by atoms with Crippen LogP contribution in [0.2, 0.25) is 0 Å². The highest BCUT2D eigenvalue weighted by atomic mass is 15.1. The molecule has 1 heterocycles. The molecule has 0 saturated carbocycles. The summed E-state index contributed by atoms with van der Waals surface area (Å²) >= 11 is 0. The third kappa shape index (κ3) is 3.17. The molecule has 3 nitrogen and oxygen atoms in total. The highest BCUT2D eigenvalue weighted by Gasteiger charge is 2.10. The van der Waals surface area contributed by atoms with Gasteiger partial charge < -0.3 is 4.57 Å². The van der Waals surface area contributed by atoms with Gasteiger partial charge in [-0.25, -0.2) is 4.98 Å². The lowest BCUT2D eigenvalue weighted by Crippen LogP contribution is -2.00. The fourth-order valence-electron chi connectivity index (χ4n) is 2.66. The van der Waals surface area contributed by atoms with Crippen LogP contribution in [0.3, 0.4) is 0 Å². The zero-order valence-corrected chi connectivity index (χ0v) is 13.5. The van der Waals surface area contributed by atoms with Crippen molar-refractivity contribution in [3.63, 3.8) is 0 Å². The first kappa shape index (κ1) is 15.1. The number of imidazole rings is 1. The van der Waals surface area contributed by atoms with Crippen LogP contribution >= 0.6 is 0 Å². The first-order valence-electron chi connectivity index (χ1n) is 7.76. The monoisotopic (exact) mass is 301 g/mol. The van der Waals surface area contributed by atoms with Crippen molar-refractivity contribution in [2.75, 3.05) is 0 Å². The van der Waals surface area contributed by atoms with Crippen molar-refractivity contribution >= 4 is 23.2 Å². The van der Waals surface area contributed by atoms with E-state index in [1.54, 1.807) is 0 Å². The number of aromatic nitrogens is 2. The van der Waals surface area contributed by atoms with Crippen LogP contribution in [0.15, 0.2) is 42.5 Å².